The first kappa shape index (κ1) is 22.1. The van der Waals surface area contributed by atoms with Gasteiger partial charge in [0.1, 0.15) is 0 Å². The maximum atomic E-state index is 12.8. The number of hydrogen-bond donors (Lipinski definition) is 2. The van der Waals surface area contributed by atoms with Crippen LogP contribution in [0.1, 0.15) is 39.3 Å². The smallest absolute Gasteiger partial charge is 0.338 e. The molecule has 0 bridgehead atoms. The largest absolute Gasteiger partial charge is 0.463 e. The maximum Gasteiger partial charge on any atom is 0.338 e. The molecule has 3 rings (SSSR count). The number of thioether (sulfide) groups is 1. The minimum Gasteiger partial charge on any atom is -0.463 e. The average molecular weight is 451 g/mol. The molecule has 11 heteroatoms. The van der Waals surface area contributed by atoms with Crippen LogP contribution < -0.4 is 10.6 Å². The molecule has 1 aliphatic heterocycles. The van der Waals surface area contributed by atoms with Gasteiger partial charge in [-0.05, 0) is 55.8 Å². The van der Waals surface area contributed by atoms with E-state index in [4.69, 9.17) is 16.3 Å². The minimum absolute atomic E-state index is 0.215. The van der Waals surface area contributed by atoms with Crippen LogP contribution in [0.4, 0.5) is 4.79 Å². The van der Waals surface area contributed by atoms with Crippen molar-refractivity contribution in [1.29, 1.82) is 0 Å². The number of esters is 1. The molecule has 1 aromatic carbocycles. The zero-order valence-corrected chi connectivity index (χ0v) is 18.7. The average Bonchev–Trinajstić information content (AvgIpc) is 3.16. The Bertz CT molecular complexity index is 967. The Morgan fingerprint density at radius 1 is 1.30 bits per heavy atom. The highest BCUT2D eigenvalue weighted by atomic mass is 35.5. The number of ether oxygens (including phenoxy) is 1. The van der Waals surface area contributed by atoms with E-state index in [9.17, 15) is 9.59 Å². The van der Waals surface area contributed by atoms with Gasteiger partial charge in [0.15, 0.2) is 0 Å². The van der Waals surface area contributed by atoms with Crippen LogP contribution in [0.15, 0.2) is 40.7 Å². The van der Waals surface area contributed by atoms with Crippen LogP contribution >= 0.6 is 23.4 Å². The highest BCUT2D eigenvalue weighted by Gasteiger charge is 2.34. The summed E-state index contributed by atoms with van der Waals surface area (Å²) in [5.41, 5.74) is 1.19. The van der Waals surface area contributed by atoms with E-state index in [0.29, 0.717) is 21.4 Å². The van der Waals surface area contributed by atoms with Gasteiger partial charge in [-0.1, -0.05) is 35.5 Å². The van der Waals surface area contributed by atoms with Gasteiger partial charge < -0.3 is 15.4 Å². The molecule has 0 aliphatic carbocycles. The molecule has 1 atom stereocenters. The summed E-state index contributed by atoms with van der Waals surface area (Å²) >= 11 is 7.31. The lowest BCUT2D eigenvalue weighted by Gasteiger charge is -2.29. The number of tetrazole rings is 1. The first-order valence-corrected chi connectivity index (χ1v) is 10.7. The van der Waals surface area contributed by atoms with Crippen LogP contribution in [0, 0.1) is 0 Å². The number of carbonyl (C=O) groups excluding carboxylic acids is 2. The summed E-state index contributed by atoms with van der Waals surface area (Å²) in [5.74, 6) is -0.224. The molecule has 2 amide bonds. The maximum absolute atomic E-state index is 12.8. The summed E-state index contributed by atoms with van der Waals surface area (Å²) in [6.07, 6.45) is 0. The summed E-state index contributed by atoms with van der Waals surface area (Å²) in [6, 6.07) is 5.88. The van der Waals surface area contributed by atoms with Crippen molar-refractivity contribution in [3.63, 3.8) is 0 Å². The Kier molecular flexibility index (Phi) is 6.67. The lowest BCUT2D eigenvalue weighted by Crippen LogP contribution is -2.46. The van der Waals surface area contributed by atoms with E-state index in [0.717, 1.165) is 5.56 Å². The molecule has 1 aliphatic rings. The molecule has 9 nitrogen and oxygen atoms in total. The zero-order chi connectivity index (χ0) is 21.9. The molecule has 1 aromatic heterocycles. The Labute approximate surface area is 183 Å². The molecule has 0 saturated heterocycles. The first-order chi connectivity index (χ1) is 14.2. The fourth-order valence-corrected chi connectivity index (χ4v) is 4.07. The molecular weight excluding hydrogens is 428 g/mol. The van der Waals surface area contributed by atoms with Gasteiger partial charge in [0, 0.05) is 16.5 Å². The molecule has 160 valence electrons. The van der Waals surface area contributed by atoms with Crippen LogP contribution in [0.2, 0.25) is 5.02 Å². The topological polar surface area (TPSA) is 111 Å². The van der Waals surface area contributed by atoms with Crippen LogP contribution in [-0.4, -0.2) is 44.6 Å². The molecule has 0 saturated carbocycles. The van der Waals surface area contributed by atoms with Crippen LogP contribution in [-0.2, 0) is 15.1 Å². The third kappa shape index (κ3) is 4.93. The third-order valence-electron chi connectivity index (χ3n) is 4.27. The second kappa shape index (κ2) is 9.05. The predicted octanol–water partition coefficient (Wildman–Crippen LogP) is 3.04. The number of urea groups is 1. The van der Waals surface area contributed by atoms with Gasteiger partial charge in [-0.3, -0.25) is 0 Å². The third-order valence-corrected chi connectivity index (χ3v) is 5.47. The number of hydrogen-bond acceptors (Lipinski definition) is 7. The number of carbonyl (C=O) groups is 2. The summed E-state index contributed by atoms with van der Waals surface area (Å²) in [4.78, 5) is 25.1. The highest BCUT2D eigenvalue weighted by Crippen LogP contribution is 2.31. The summed E-state index contributed by atoms with van der Waals surface area (Å²) in [6.45, 7) is 7.90. The fraction of sp³-hybridized carbons (Fsp3) is 0.421. The first-order valence-electron chi connectivity index (χ1n) is 9.35. The molecule has 2 N–H and O–H groups in total. The molecule has 0 radical (unpaired) electrons. The standard InChI is InChI=1S/C19H23ClN6O3S/c1-5-29-16(27)14-13(10-30-18-23-24-25-26(18)19(2,3)4)21-17(28)22-15(14)11-6-8-12(20)9-7-11/h6-9,15H,5,10H2,1-4H3,(H2,21,22,28). The Hall–Kier alpha value is -2.59. The van der Waals surface area contributed by atoms with E-state index >= 15 is 0 Å². The van der Waals surface area contributed by atoms with Gasteiger partial charge in [-0.2, -0.15) is 0 Å². The molecule has 2 aromatic rings. The SMILES string of the molecule is CCOC(=O)C1=C(CSc2nnnn2C(C)(C)C)NC(=O)NC1c1ccc(Cl)cc1. The molecule has 2 heterocycles. The molecule has 0 fully saturated rings. The van der Waals surface area contributed by atoms with Crippen LogP contribution in [0.3, 0.4) is 0 Å². The minimum atomic E-state index is -0.663. The van der Waals surface area contributed by atoms with E-state index in [2.05, 4.69) is 26.2 Å². The molecule has 0 spiro atoms. The number of nitrogens with zero attached hydrogens (tertiary/aromatic N) is 4. The van der Waals surface area contributed by atoms with Gasteiger partial charge in [0.05, 0.1) is 23.8 Å². The van der Waals surface area contributed by atoms with Crippen molar-refractivity contribution in [2.75, 3.05) is 12.4 Å². The number of halogens is 1. The van der Waals surface area contributed by atoms with Crippen LogP contribution in [0.5, 0.6) is 0 Å². The highest BCUT2D eigenvalue weighted by molar-refractivity contribution is 7.99. The Morgan fingerprint density at radius 2 is 2.00 bits per heavy atom. The van der Waals surface area contributed by atoms with Crippen molar-refractivity contribution in [2.24, 2.45) is 0 Å². The second-order valence-electron chi connectivity index (χ2n) is 7.53. The summed E-state index contributed by atoms with van der Waals surface area (Å²) < 4.78 is 6.96. The number of nitrogens with one attached hydrogen (secondary N) is 2. The van der Waals surface area contributed by atoms with E-state index < -0.39 is 18.0 Å². The number of rotatable bonds is 6. The number of benzene rings is 1. The lowest BCUT2D eigenvalue weighted by atomic mass is 9.95. The van der Waals surface area contributed by atoms with Gasteiger partial charge in [0.25, 0.3) is 0 Å². The zero-order valence-electron chi connectivity index (χ0n) is 17.1. The van der Waals surface area contributed by atoms with Crippen molar-refractivity contribution >= 4 is 35.4 Å². The lowest BCUT2D eigenvalue weighted by molar-refractivity contribution is -0.139. The van der Waals surface area contributed by atoms with Crippen molar-refractivity contribution < 1.29 is 14.3 Å². The summed E-state index contributed by atoms with van der Waals surface area (Å²) in [7, 11) is 0. The Morgan fingerprint density at radius 3 is 2.63 bits per heavy atom. The van der Waals surface area contributed by atoms with E-state index in [1.165, 1.54) is 11.8 Å². The second-order valence-corrected chi connectivity index (χ2v) is 8.91. The fourth-order valence-electron chi connectivity index (χ4n) is 2.91. The van der Waals surface area contributed by atoms with Gasteiger partial charge >= 0.3 is 12.0 Å². The monoisotopic (exact) mass is 450 g/mol. The van der Waals surface area contributed by atoms with E-state index in [1.54, 1.807) is 35.9 Å². The van der Waals surface area contributed by atoms with Crippen molar-refractivity contribution in [3.8, 4) is 0 Å². The van der Waals surface area contributed by atoms with Crippen molar-refractivity contribution in [3.05, 3.63) is 46.1 Å². The molecule has 1 unspecified atom stereocenters. The summed E-state index contributed by atoms with van der Waals surface area (Å²) in [5, 5.41) is 18.5. The number of amides is 2. The molecular formula is C19H23ClN6O3S. The predicted molar refractivity (Wildman–Crippen MR) is 113 cm³/mol. The van der Waals surface area contributed by atoms with E-state index in [1.807, 2.05) is 20.8 Å². The van der Waals surface area contributed by atoms with Gasteiger partial charge in [-0.15, -0.1) is 5.10 Å². The van der Waals surface area contributed by atoms with Crippen LogP contribution in [0.25, 0.3) is 0 Å². The normalized spacial score (nSPS) is 16.8. The quantitative estimate of drug-likeness (QED) is 0.514. The number of aromatic nitrogens is 4. The Balaban J connectivity index is 1.97. The van der Waals surface area contributed by atoms with Gasteiger partial charge in [0.2, 0.25) is 5.16 Å². The molecule has 30 heavy (non-hydrogen) atoms. The van der Waals surface area contributed by atoms with E-state index in [-0.39, 0.29) is 17.9 Å². The van der Waals surface area contributed by atoms with Crippen molar-refractivity contribution in [1.82, 2.24) is 30.8 Å². The van der Waals surface area contributed by atoms with Gasteiger partial charge in [-0.25, -0.2) is 14.3 Å². The van der Waals surface area contributed by atoms with Crippen molar-refractivity contribution in [2.45, 2.75) is 44.4 Å².